The maximum atomic E-state index is 12.8. The zero-order valence-electron chi connectivity index (χ0n) is 16.1. The minimum atomic E-state index is 0.0759. The number of nitrogens with one attached hydrogen (secondary N) is 1. The van der Waals surface area contributed by atoms with Crippen molar-refractivity contribution in [2.45, 2.75) is 32.6 Å². The highest BCUT2D eigenvalue weighted by atomic mass is 16.5. The third-order valence-electron chi connectivity index (χ3n) is 5.36. The number of likely N-dealkylation sites (tertiary alicyclic amines) is 1. The molecule has 2 aliphatic rings. The molecule has 0 aliphatic carbocycles. The molecule has 2 aromatic rings. The van der Waals surface area contributed by atoms with Crippen LogP contribution in [0, 0.1) is 13.8 Å². The van der Waals surface area contributed by atoms with Crippen molar-refractivity contribution >= 4 is 11.7 Å². The first-order chi connectivity index (χ1) is 13.1. The molecule has 2 aliphatic heterocycles. The SMILES string of the molecule is Cc1c[nH]c(C(=O)N2CCC[C@@H](c3cc(N4CCOCC4)nc(C)n3)C2)c1. The average Bonchev–Trinajstić information content (AvgIpc) is 3.14. The number of H-pyrrole nitrogens is 1. The standard InChI is InChI=1S/C20H27N5O2/c1-14-10-18(21-12-14)20(26)25-5-3-4-16(13-25)17-11-19(23-15(2)22-17)24-6-8-27-9-7-24/h10-12,16,21H,3-9,13H2,1-2H3/t16-/m1/s1. The molecule has 2 fully saturated rings. The summed E-state index contributed by atoms with van der Waals surface area (Å²) in [5, 5.41) is 0. The van der Waals surface area contributed by atoms with E-state index in [2.05, 4.69) is 20.9 Å². The van der Waals surface area contributed by atoms with E-state index in [0.717, 1.165) is 68.6 Å². The molecule has 0 radical (unpaired) electrons. The smallest absolute Gasteiger partial charge is 0.270 e. The van der Waals surface area contributed by atoms with Crippen LogP contribution in [0.5, 0.6) is 0 Å². The molecule has 0 aromatic carbocycles. The van der Waals surface area contributed by atoms with Crippen molar-refractivity contribution < 1.29 is 9.53 Å². The number of aryl methyl sites for hydroxylation is 2. The van der Waals surface area contributed by atoms with Gasteiger partial charge in [-0.1, -0.05) is 0 Å². The monoisotopic (exact) mass is 369 g/mol. The molecule has 27 heavy (non-hydrogen) atoms. The minimum Gasteiger partial charge on any atom is -0.378 e. The van der Waals surface area contributed by atoms with Gasteiger partial charge in [-0.25, -0.2) is 9.97 Å². The maximum Gasteiger partial charge on any atom is 0.270 e. The molecule has 4 heterocycles. The number of anilines is 1. The second kappa shape index (κ2) is 7.68. The molecule has 4 rings (SSSR count). The highest BCUT2D eigenvalue weighted by Gasteiger charge is 2.28. The van der Waals surface area contributed by atoms with Gasteiger partial charge in [0.2, 0.25) is 0 Å². The zero-order valence-corrected chi connectivity index (χ0v) is 16.1. The van der Waals surface area contributed by atoms with Gasteiger partial charge >= 0.3 is 0 Å². The normalized spacial score (nSPS) is 20.7. The number of ether oxygens (including phenoxy) is 1. The van der Waals surface area contributed by atoms with Crippen LogP contribution < -0.4 is 4.90 Å². The number of piperidine rings is 1. The van der Waals surface area contributed by atoms with Crippen LogP contribution in [0.3, 0.4) is 0 Å². The number of carbonyl (C=O) groups excluding carboxylic acids is 1. The van der Waals surface area contributed by atoms with Crippen LogP contribution in [0.4, 0.5) is 5.82 Å². The summed E-state index contributed by atoms with van der Waals surface area (Å²) in [5.74, 6) is 2.09. The number of rotatable bonds is 3. The maximum absolute atomic E-state index is 12.8. The van der Waals surface area contributed by atoms with E-state index in [0.29, 0.717) is 12.2 Å². The van der Waals surface area contributed by atoms with E-state index in [4.69, 9.17) is 9.72 Å². The van der Waals surface area contributed by atoms with E-state index in [1.54, 1.807) is 0 Å². The first-order valence-corrected chi connectivity index (χ1v) is 9.73. The van der Waals surface area contributed by atoms with E-state index in [1.165, 1.54) is 0 Å². The van der Waals surface area contributed by atoms with E-state index in [-0.39, 0.29) is 11.8 Å². The summed E-state index contributed by atoms with van der Waals surface area (Å²) in [5.41, 5.74) is 2.79. The summed E-state index contributed by atoms with van der Waals surface area (Å²) in [6, 6.07) is 4.02. The van der Waals surface area contributed by atoms with E-state index in [9.17, 15) is 4.79 Å². The van der Waals surface area contributed by atoms with E-state index >= 15 is 0 Å². The van der Waals surface area contributed by atoms with Crippen LogP contribution in [0.15, 0.2) is 18.3 Å². The Morgan fingerprint density at radius 3 is 2.74 bits per heavy atom. The van der Waals surface area contributed by atoms with Crippen LogP contribution in [0.2, 0.25) is 0 Å². The van der Waals surface area contributed by atoms with Gasteiger partial charge in [0.1, 0.15) is 17.3 Å². The summed E-state index contributed by atoms with van der Waals surface area (Å²) in [6.45, 7) is 8.63. The molecule has 2 saturated heterocycles. The molecule has 1 amide bonds. The van der Waals surface area contributed by atoms with Crippen LogP contribution in [-0.4, -0.2) is 65.2 Å². The Morgan fingerprint density at radius 1 is 1.19 bits per heavy atom. The van der Waals surface area contributed by atoms with E-state index < -0.39 is 0 Å². The van der Waals surface area contributed by atoms with Crippen LogP contribution in [0.25, 0.3) is 0 Å². The third kappa shape index (κ3) is 3.98. The summed E-state index contributed by atoms with van der Waals surface area (Å²) >= 11 is 0. The van der Waals surface area contributed by atoms with Gasteiger partial charge in [0, 0.05) is 44.4 Å². The van der Waals surface area contributed by atoms with Crippen molar-refractivity contribution in [2.24, 2.45) is 0 Å². The quantitative estimate of drug-likeness (QED) is 0.898. The molecule has 1 atom stereocenters. The molecule has 0 bridgehead atoms. The van der Waals surface area contributed by atoms with Crippen LogP contribution in [-0.2, 0) is 4.74 Å². The molecular formula is C20H27N5O2. The van der Waals surface area contributed by atoms with Crippen molar-refractivity contribution in [3.8, 4) is 0 Å². The molecule has 7 nitrogen and oxygen atoms in total. The highest BCUT2D eigenvalue weighted by Crippen LogP contribution is 2.28. The van der Waals surface area contributed by atoms with Crippen LogP contribution >= 0.6 is 0 Å². The van der Waals surface area contributed by atoms with Crippen molar-refractivity contribution in [1.29, 1.82) is 0 Å². The second-order valence-corrected chi connectivity index (χ2v) is 7.48. The Bertz CT molecular complexity index is 812. The number of hydrogen-bond donors (Lipinski definition) is 1. The first kappa shape index (κ1) is 18.0. The molecular weight excluding hydrogens is 342 g/mol. The lowest BCUT2D eigenvalue weighted by Gasteiger charge is -2.33. The molecule has 7 heteroatoms. The van der Waals surface area contributed by atoms with Gasteiger partial charge in [-0.05, 0) is 38.3 Å². The molecule has 0 saturated carbocycles. The Kier molecular flexibility index (Phi) is 5.11. The average molecular weight is 369 g/mol. The van der Waals surface area contributed by atoms with E-state index in [1.807, 2.05) is 31.0 Å². The second-order valence-electron chi connectivity index (χ2n) is 7.48. The summed E-state index contributed by atoms with van der Waals surface area (Å²) < 4.78 is 5.45. The van der Waals surface area contributed by atoms with Crippen molar-refractivity contribution in [3.05, 3.63) is 41.1 Å². The summed E-state index contributed by atoms with van der Waals surface area (Å²) in [4.78, 5) is 29.4. The lowest BCUT2D eigenvalue weighted by molar-refractivity contribution is 0.0700. The van der Waals surface area contributed by atoms with Gasteiger partial charge in [0.25, 0.3) is 5.91 Å². The number of nitrogens with zero attached hydrogens (tertiary/aromatic N) is 4. The third-order valence-corrected chi connectivity index (χ3v) is 5.36. The zero-order chi connectivity index (χ0) is 18.8. The Hall–Kier alpha value is -2.41. The Balaban J connectivity index is 1.52. The van der Waals surface area contributed by atoms with Crippen LogP contribution in [0.1, 0.15) is 46.3 Å². The number of amides is 1. The van der Waals surface area contributed by atoms with Gasteiger partial charge in [-0.3, -0.25) is 4.79 Å². The molecule has 1 N–H and O–H groups in total. The molecule has 0 unspecified atom stereocenters. The van der Waals surface area contributed by atoms with Crippen molar-refractivity contribution in [2.75, 3.05) is 44.3 Å². The van der Waals surface area contributed by atoms with Gasteiger partial charge in [0.15, 0.2) is 0 Å². The van der Waals surface area contributed by atoms with Gasteiger partial charge in [-0.2, -0.15) is 0 Å². The van der Waals surface area contributed by atoms with Gasteiger partial charge in [0.05, 0.1) is 18.9 Å². The Labute approximate surface area is 159 Å². The lowest BCUT2D eigenvalue weighted by Crippen LogP contribution is -2.40. The fraction of sp³-hybridized carbons (Fsp3) is 0.550. The summed E-state index contributed by atoms with van der Waals surface area (Å²) in [7, 11) is 0. The number of aromatic nitrogens is 3. The van der Waals surface area contributed by atoms with Crippen molar-refractivity contribution in [1.82, 2.24) is 19.9 Å². The Morgan fingerprint density at radius 2 is 2.00 bits per heavy atom. The minimum absolute atomic E-state index is 0.0759. The topological polar surface area (TPSA) is 74.4 Å². The van der Waals surface area contributed by atoms with Gasteiger partial charge in [-0.15, -0.1) is 0 Å². The number of carbonyl (C=O) groups is 1. The first-order valence-electron chi connectivity index (χ1n) is 9.73. The predicted molar refractivity (Wildman–Crippen MR) is 103 cm³/mol. The lowest BCUT2D eigenvalue weighted by atomic mass is 9.94. The van der Waals surface area contributed by atoms with Gasteiger partial charge < -0.3 is 19.5 Å². The number of hydrogen-bond acceptors (Lipinski definition) is 5. The van der Waals surface area contributed by atoms with Crippen molar-refractivity contribution in [3.63, 3.8) is 0 Å². The summed E-state index contributed by atoms with van der Waals surface area (Å²) in [6.07, 6.45) is 3.91. The number of aromatic amines is 1. The predicted octanol–water partition coefficient (Wildman–Crippen LogP) is 2.28. The largest absolute Gasteiger partial charge is 0.378 e. The fourth-order valence-electron chi connectivity index (χ4n) is 3.94. The highest BCUT2D eigenvalue weighted by molar-refractivity contribution is 5.92. The molecule has 144 valence electrons. The fourth-order valence-corrected chi connectivity index (χ4v) is 3.94. The molecule has 0 spiro atoms. The molecule has 2 aromatic heterocycles. The number of morpholine rings is 1.